The van der Waals surface area contributed by atoms with Crippen LogP contribution in [0.5, 0.6) is 0 Å². The van der Waals surface area contributed by atoms with Crippen LogP contribution in [0.1, 0.15) is 35.7 Å². The molecule has 1 heterocycles. The Hall–Kier alpha value is -2.09. The predicted molar refractivity (Wildman–Crippen MR) is 88.6 cm³/mol. The summed E-state index contributed by atoms with van der Waals surface area (Å²) < 4.78 is 25.2. The van der Waals surface area contributed by atoms with Crippen molar-refractivity contribution in [1.82, 2.24) is 4.90 Å². The quantitative estimate of drug-likeness (QED) is 0.856. The Bertz CT molecular complexity index is 801. The second-order valence-corrected chi connectivity index (χ2v) is 8.37. The van der Waals surface area contributed by atoms with Gasteiger partial charge in [-0.15, -0.1) is 0 Å². The van der Waals surface area contributed by atoms with E-state index in [2.05, 4.69) is 0 Å². The molecule has 0 saturated heterocycles. The zero-order valence-electron chi connectivity index (χ0n) is 13.6. The zero-order valence-corrected chi connectivity index (χ0v) is 14.4. The van der Waals surface area contributed by atoms with E-state index in [1.165, 1.54) is 15.5 Å². The van der Waals surface area contributed by atoms with E-state index in [9.17, 15) is 18.0 Å². The van der Waals surface area contributed by atoms with E-state index < -0.39 is 16.0 Å². The molecule has 7 nitrogen and oxygen atoms in total. The molecule has 0 bridgehead atoms. The van der Waals surface area contributed by atoms with Gasteiger partial charge in [-0.2, -0.15) is 0 Å². The fourth-order valence-corrected chi connectivity index (χ4v) is 4.57. The van der Waals surface area contributed by atoms with Crippen molar-refractivity contribution in [2.45, 2.75) is 38.3 Å². The number of nitrogens with zero attached hydrogens (tertiary/aromatic N) is 2. The van der Waals surface area contributed by atoms with Crippen LogP contribution in [-0.2, 0) is 21.2 Å². The molecular formula is C16H20N2O5S. The summed E-state index contributed by atoms with van der Waals surface area (Å²) in [6, 6.07) is 4.71. The van der Waals surface area contributed by atoms with Crippen LogP contribution in [0.25, 0.3) is 0 Å². The van der Waals surface area contributed by atoms with Gasteiger partial charge in [0.25, 0.3) is 5.91 Å². The number of carboxylic acid groups (broad SMARTS) is 1. The smallest absolute Gasteiger partial charge is 0.323 e. The Morgan fingerprint density at radius 2 is 2.00 bits per heavy atom. The summed E-state index contributed by atoms with van der Waals surface area (Å²) in [6.07, 6.45) is 3.34. The maximum atomic E-state index is 12.7. The molecule has 2 aliphatic rings. The van der Waals surface area contributed by atoms with Crippen LogP contribution in [0.3, 0.4) is 0 Å². The molecule has 1 aliphatic carbocycles. The molecule has 1 N–H and O–H groups in total. The number of amides is 1. The van der Waals surface area contributed by atoms with Crippen molar-refractivity contribution in [3.63, 3.8) is 0 Å². The Labute approximate surface area is 140 Å². The third-order valence-corrected chi connectivity index (χ3v) is 5.66. The number of fused-ring (bicyclic) bond motifs is 1. The first-order chi connectivity index (χ1) is 11.2. The maximum Gasteiger partial charge on any atom is 0.323 e. The second kappa shape index (κ2) is 5.77. The third kappa shape index (κ3) is 3.10. The van der Waals surface area contributed by atoms with Gasteiger partial charge in [-0.1, -0.05) is 0 Å². The average molecular weight is 352 g/mol. The highest BCUT2D eigenvalue weighted by Gasteiger charge is 2.36. The molecular weight excluding hydrogens is 332 g/mol. The first-order valence-corrected chi connectivity index (χ1v) is 9.68. The normalized spacial score (nSPS) is 19.9. The minimum Gasteiger partial charge on any atom is -0.480 e. The third-order valence-electron chi connectivity index (χ3n) is 4.39. The van der Waals surface area contributed by atoms with Crippen LogP contribution >= 0.6 is 0 Å². The number of benzene rings is 1. The summed E-state index contributed by atoms with van der Waals surface area (Å²) in [5.74, 6) is -1.35. The lowest BCUT2D eigenvalue weighted by atomic mass is 10.1. The highest BCUT2D eigenvalue weighted by atomic mass is 32.2. The Kier molecular flexibility index (Phi) is 4.03. The highest BCUT2D eigenvalue weighted by molar-refractivity contribution is 7.92. The van der Waals surface area contributed by atoms with Gasteiger partial charge in [0.15, 0.2) is 0 Å². The van der Waals surface area contributed by atoms with Crippen molar-refractivity contribution in [3.8, 4) is 0 Å². The van der Waals surface area contributed by atoms with Gasteiger partial charge < -0.3 is 10.0 Å². The average Bonchev–Trinajstić information content (AvgIpc) is 3.23. The number of sulfonamides is 1. The van der Waals surface area contributed by atoms with Crippen LogP contribution in [0.4, 0.5) is 5.69 Å². The van der Waals surface area contributed by atoms with Crippen LogP contribution in [0.2, 0.25) is 0 Å². The van der Waals surface area contributed by atoms with Gasteiger partial charge in [-0.25, -0.2) is 8.42 Å². The molecule has 1 aliphatic heterocycles. The minimum atomic E-state index is -3.37. The molecule has 1 aromatic rings. The Balaban J connectivity index is 1.91. The summed E-state index contributed by atoms with van der Waals surface area (Å²) >= 11 is 0. The second-order valence-electron chi connectivity index (χ2n) is 6.51. The summed E-state index contributed by atoms with van der Waals surface area (Å²) in [6.45, 7) is 1.51. The number of hydrogen-bond acceptors (Lipinski definition) is 4. The van der Waals surface area contributed by atoms with Crippen molar-refractivity contribution < 1.29 is 23.1 Å². The summed E-state index contributed by atoms with van der Waals surface area (Å²) in [7, 11) is -3.37. The Morgan fingerprint density at radius 1 is 1.33 bits per heavy atom. The monoisotopic (exact) mass is 352 g/mol. The number of anilines is 1. The first kappa shape index (κ1) is 16.8. The number of carbonyl (C=O) groups excluding carboxylic acids is 1. The lowest BCUT2D eigenvalue weighted by Gasteiger charge is -2.22. The van der Waals surface area contributed by atoms with Crippen LogP contribution in [0.15, 0.2) is 18.2 Å². The standard InChI is InChI=1S/C16H20N2O5S/c1-10-7-12-8-11(3-6-14(12)18(10)24(2,22)23)16(21)17(9-15(19)20)13-4-5-13/h3,6,8,10,13H,4-5,7,9H2,1-2H3,(H,19,20)/t10-/m1/s1. The predicted octanol–water partition coefficient (Wildman–Crippen LogP) is 1.09. The molecule has 1 fully saturated rings. The molecule has 1 atom stereocenters. The molecule has 0 aromatic heterocycles. The molecule has 130 valence electrons. The maximum absolute atomic E-state index is 12.7. The number of carbonyl (C=O) groups is 2. The SMILES string of the molecule is C[C@@H]1Cc2cc(C(=O)N(CC(=O)O)C3CC3)ccc2N1S(C)(=O)=O. The number of carboxylic acids is 1. The van der Waals surface area contributed by atoms with Gasteiger partial charge in [0.2, 0.25) is 10.0 Å². The number of aliphatic carboxylic acids is 1. The van der Waals surface area contributed by atoms with Crippen molar-refractivity contribution in [2.24, 2.45) is 0 Å². The largest absolute Gasteiger partial charge is 0.480 e. The molecule has 1 saturated carbocycles. The highest BCUT2D eigenvalue weighted by Crippen LogP contribution is 2.35. The van der Waals surface area contributed by atoms with E-state index in [1.54, 1.807) is 18.2 Å². The first-order valence-electron chi connectivity index (χ1n) is 7.83. The molecule has 8 heteroatoms. The fourth-order valence-electron chi connectivity index (χ4n) is 3.31. The van der Waals surface area contributed by atoms with Crippen molar-refractivity contribution in [3.05, 3.63) is 29.3 Å². The molecule has 0 unspecified atom stereocenters. The van der Waals surface area contributed by atoms with Crippen LogP contribution in [0, 0.1) is 0 Å². The zero-order chi connectivity index (χ0) is 17.6. The summed E-state index contributed by atoms with van der Waals surface area (Å²) in [4.78, 5) is 25.0. The van der Waals surface area contributed by atoms with Gasteiger partial charge in [0.05, 0.1) is 11.9 Å². The van der Waals surface area contributed by atoms with E-state index in [4.69, 9.17) is 5.11 Å². The van der Waals surface area contributed by atoms with Crippen molar-refractivity contribution in [2.75, 3.05) is 17.1 Å². The van der Waals surface area contributed by atoms with Gasteiger partial charge in [0, 0.05) is 17.6 Å². The van der Waals surface area contributed by atoms with Crippen LogP contribution < -0.4 is 4.31 Å². The molecule has 24 heavy (non-hydrogen) atoms. The van der Waals surface area contributed by atoms with E-state index in [0.717, 1.165) is 18.4 Å². The van der Waals surface area contributed by atoms with Gasteiger partial charge >= 0.3 is 5.97 Å². The molecule has 1 aromatic carbocycles. The van der Waals surface area contributed by atoms with Crippen molar-refractivity contribution >= 4 is 27.6 Å². The molecule has 1 amide bonds. The van der Waals surface area contributed by atoms with Gasteiger partial charge in [-0.3, -0.25) is 13.9 Å². The lowest BCUT2D eigenvalue weighted by Crippen LogP contribution is -2.37. The van der Waals surface area contributed by atoms with Crippen LogP contribution in [-0.4, -0.2) is 55.2 Å². The summed E-state index contributed by atoms with van der Waals surface area (Å²) in [5, 5.41) is 9.00. The summed E-state index contributed by atoms with van der Waals surface area (Å²) in [5.41, 5.74) is 1.80. The molecule has 0 spiro atoms. The minimum absolute atomic E-state index is 0.00621. The number of hydrogen-bond donors (Lipinski definition) is 1. The van der Waals surface area contributed by atoms with E-state index >= 15 is 0 Å². The van der Waals surface area contributed by atoms with Gasteiger partial charge in [-0.05, 0) is 49.9 Å². The van der Waals surface area contributed by atoms with Gasteiger partial charge in [0.1, 0.15) is 6.54 Å². The van der Waals surface area contributed by atoms with E-state index in [-0.39, 0.29) is 24.5 Å². The van der Waals surface area contributed by atoms with E-state index in [1.807, 2.05) is 6.92 Å². The number of rotatable bonds is 5. The van der Waals surface area contributed by atoms with Crippen molar-refractivity contribution in [1.29, 1.82) is 0 Å². The fraction of sp³-hybridized carbons (Fsp3) is 0.500. The molecule has 3 rings (SSSR count). The topological polar surface area (TPSA) is 95.0 Å². The lowest BCUT2D eigenvalue weighted by molar-refractivity contribution is -0.137. The van der Waals surface area contributed by atoms with E-state index in [0.29, 0.717) is 17.7 Å². The molecule has 0 radical (unpaired) electrons. The Morgan fingerprint density at radius 3 is 2.54 bits per heavy atom.